The maximum Gasteiger partial charge on any atom is 0.310 e. The molecular formula is C12H14ClN3O5. The Morgan fingerprint density at radius 1 is 1.57 bits per heavy atom. The quantitative estimate of drug-likeness (QED) is 0.353. The van der Waals surface area contributed by atoms with Gasteiger partial charge < -0.3 is 9.64 Å². The van der Waals surface area contributed by atoms with E-state index >= 15 is 0 Å². The summed E-state index contributed by atoms with van der Waals surface area (Å²) < 4.78 is 4.57. The summed E-state index contributed by atoms with van der Waals surface area (Å²) in [5.41, 5.74) is -0.428. The van der Waals surface area contributed by atoms with Crippen LogP contribution >= 0.6 is 11.6 Å². The summed E-state index contributed by atoms with van der Waals surface area (Å²) >= 11 is 5.79. The number of ether oxygens (including phenoxy) is 1. The number of amides is 1. The van der Waals surface area contributed by atoms with Gasteiger partial charge in [-0.2, -0.15) is 0 Å². The lowest BCUT2D eigenvalue weighted by Gasteiger charge is -2.20. The molecule has 1 amide bonds. The van der Waals surface area contributed by atoms with Crippen LogP contribution in [0.3, 0.4) is 0 Å². The van der Waals surface area contributed by atoms with Gasteiger partial charge in [0.05, 0.1) is 23.5 Å². The van der Waals surface area contributed by atoms with Gasteiger partial charge in [0.25, 0.3) is 11.6 Å². The fourth-order valence-electron chi connectivity index (χ4n) is 1.66. The third-order valence-electron chi connectivity index (χ3n) is 2.76. The van der Waals surface area contributed by atoms with Crippen molar-refractivity contribution in [2.24, 2.45) is 5.92 Å². The first-order valence-electron chi connectivity index (χ1n) is 5.91. The van der Waals surface area contributed by atoms with E-state index in [-0.39, 0.29) is 22.9 Å². The Morgan fingerprint density at radius 2 is 2.19 bits per heavy atom. The average molecular weight is 316 g/mol. The van der Waals surface area contributed by atoms with Crippen LogP contribution in [0.1, 0.15) is 17.3 Å². The van der Waals surface area contributed by atoms with E-state index in [9.17, 15) is 19.7 Å². The van der Waals surface area contributed by atoms with Gasteiger partial charge in [0.1, 0.15) is 11.3 Å². The van der Waals surface area contributed by atoms with E-state index in [0.29, 0.717) is 0 Å². The normalized spacial score (nSPS) is 11.6. The second-order valence-corrected chi connectivity index (χ2v) is 4.76. The van der Waals surface area contributed by atoms with Gasteiger partial charge in [0.2, 0.25) is 0 Å². The number of esters is 1. The zero-order valence-corrected chi connectivity index (χ0v) is 12.5. The van der Waals surface area contributed by atoms with Crippen LogP contribution in [0.15, 0.2) is 12.3 Å². The molecule has 1 heterocycles. The zero-order chi connectivity index (χ0) is 16.2. The summed E-state index contributed by atoms with van der Waals surface area (Å²) in [7, 11) is 2.71. The van der Waals surface area contributed by atoms with E-state index in [1.165, 1.54) is 19.1 Å². The van der Waals surface area contributed by atoms with Crippen molar-refractivity contribution in [3.63, 3.8) is 0 Å². The van der Waals surface area contributed by atoms with Gasteiger partial charge in [0, 0.05) is 19.7 Å². The number of nitro groups is 1. The molecule has 0 aliphatic heterocycles. The molecule has 0 saturated heterocycles. The minimum atomic E-state index is -0.669. The second-order valence-electron chi connectivity index (χ2n) is 4.40. The fourth-order valence-corrected chi connectivity index (χ4v) is 1.85. The van der Waals surface area contributed by atoms with Crippen LogP contribution in [0.25, 0.3) is 0 Å². The molecule has 0 spiro atoms. The number of methoxy groups -OCH3 is 1. The van der Waals surface area contributed by atoms with Crippen molar-refractivity contribution >= 4 is 29.2 Å². The van der Waals surface area contributed by atoms with Crippen molar-refractivity contribution < 1.29 is 19.2 Å². The lowest BCUT2D eigenvalue weighted by atomic mass is 10.1. The number of halogens is 1. The zero-order valence-electron chi connectivity index (χ0n) is 11.7. The van der Waals surface area contributed by atoms with Gasteiger partial charge in [-0.3, -0.25) is 19.7 Å². The lowest BCUT2D eigenvalue weighted by Crippen LogP contribution is -2.34. The molecule has 1 unspecified atom stereocenters. The molecule has 1 atom stereocenters. The number of hydrogen-bond donors (Lipinski definition) is 0. The predicted octanol–water partition coefficient (Wildman–Crippen LogP) is 1.52. The molecule has 0 N–H and O–H groups in total. The van der Waals surface area contributed by atoms with E-state index in [1.54, 1.807) is 6.92 Å². The standard InChI is InChI=1S/C12H14ClN3O5/c1-7(12(18)21-3)6-15(2)11(17)9-4-8(16(19)20)5-14-10(9)13/h4-5,7H,6H2,1-3H3. The summed E-state index contributed by atoms with van der Waals surface area (Å²) in [6.07, 6.45) is 0.968. The Hall–Kier alpha value is -2.22. The summed E-state index contributed by atoms with van der Waals surface area (Å²) in [6.45, 7) is 1.69. The van der Waals surface area contributed by atoms with Gasteiger partial charge in [-0.15, -0.1) is 0 Å². The third-order valence-corrected chi connectivity index (χ3v) is 3.07. The number of pyridine rings is 1. The summed E-state index contributed by atoms with van der Waals surface area (Å²) in [4.78, 5) is 38.4. The Balaban J connectivity index is 2.95. The van der Waals surface area contributed by atoms with Crippen LogP contribution in [0.4, 0.5) is 5.69 Å². The van der Waals surface area contributed by atoms with Crippen molar-refractivity contribution in [3.8, 4) is 0 Å². The number of nitrogens with zero attached hydrogens (tertiary/aromatic N) is 3. The number of carbonyl (C=O) groups excluding carboxylic acids is 2. The summed E-state index contributed by atoms with van der Waals surface area (Å²) in [5.74, 6) is -1.56. The first-order valence-corrected chi connectivity index (χ1v) is 6.29. The number of hydrogen-bond acceptors (Lipinski definition) is 6. The van der Waals surface area contributed by atoms with Crippen molar-refractivity contribution in [3.05, 3.63) is 33.1 Å². The van der Waals surface area contributed by atoms with Gasteiger partial charge in [-0.05, 0) is 0 Å². The van der Waals surface area contributed by atoms with Gasteiger partial charge in [0.15, 0.2) is 0 Å². The third kappa shape index (κ3) is 4.12. The molecule has 0 aliphatic rings. The molecule has 1 rings (SSSR count). The first-order chi connectivity index (χ1) is 9.77. The lowest BCUT2D eigenvalue weighted by molar-refractivity contribution is -0.385. The Labute approximate surface area is 125 Å². The van der Waals surface area contributed by atoms with Crippen molar-refractivity contribution in [1.82, 2.24) is 9.88 Å². The molecule has 0 aliphatic carbocycles. The largest absolute Gasteiger partial charge is 0.469 e. The Kier molecular flexibility index (Phi) is 5.60. The van der Waals surface area contributed by atoms with E-state index in [0.717, 1.165) is 12.3 Å². The van der Waals surface area contributed by atoms with Gasteiger partial charge >= 0.3 is 5.97 Å². The van der Waals surface area contributed by atoms with Crippen molar-refractivity contribution in [2.75, 3.05) is 20.7 Å². The van der Waals surface area contributed by atoms with Crippen molar-refractivity contribution in [2.45, 2.75) is 6.92 Å². The summed E-state index contributed by atoms with van der Waals surface area (Å²) in [6, 6.07) is 1.05. The number of carbonyl (C=O) groups is 2. The van der Waals surface area contributed by atoms with E-state index < -0.39 is 22.7 Å². The summed E-state index contributed by atoms with van der Waals surface area (Å²) in [5, 5.41) is 10.6. The molecule has 1 aromatic rings. The topological polar surface area (TPSA) is 103 Å². The average Bonchev–Trinajstić information content (AvgIpc) is 2.45. The van der Waals surface area contributed by atoms with E-state index in [1.807, 2.05) is 0 Å². The maximum absolute atomic E-state index is 12.2. The molecule has 114 valence electrons. The Bertz CT molecular complexity index is 578. The van der Waals surface area contributed by atoms with E-state index in [2.05, 4.69) is 9.72 Å². The minimum Gasteiger partial charge on any atom is -0.469 e. The molecule has 0 bridgehead atoms. The van der Waals surface area contributed by atoms with Crippen molar-refractivity contribution in [1.29, 1.82) is 0 Å². The molecule has 0 radical (unpaired) electrons. The monoisotopic (exact) mass is 315 g/mol. The molecular weight excluding hydrogens is 302 g/mol. The smallest absolute Gasteiger partial charge is 0.310 e. The maximum atomic E-state index is 12.2. The van der Waals surface area contributed by atoms with Crippen LogP contribution in [0, 0.1) is 16.0 Å². The first kappa shape index (κ1) is 16.8. The van der Waals surface area contributed by atoms with Crippen LogP contribution in [0.5, 0.6) is 0 Å². The number of rotatable bonds is 5. The molecule has 0 saturated carbocycles. The molecule has 1 aromatic heterocycles. The van der Waals surface area contributed by atoms with Crippen LogP contribution in [0.2, 0.25) is 5.15 Å². The molecule has 9 heteroatoms. The molecule has 21 heavy (non-hydrogen) atoms. The molecule has 8 nitrogen and oxygen atoms in total. The second kappa shape index (κ2) is 6.98. The van der Waals surface area contributed by atoms with Gasteiger partial charge in [-0.25, -0.2) is 4.98 Å². The highest BCUT2D eigenvalue weighted by Crippen LogP contribution is 2.20. The Morgan fingerprint density at radius 3 is 2.71 bits per heavy atom. The highest BCUT2D eigenvalue weighted by Gasteiger charge is 2.23. The highest BCUT2D eigenvalue weighted by molar-refractivity contribution is 6.32. The van der Waals surface area contributed by atoms with Crippen LogP contribution in [-0.4, -0.2) is 47.4 Å². The number of aromatic nitrogens is 1. The molecule has 0 aromatic carbocycles. The minimum absolute atomic E-state index is 0.0878. The van der Waals surface area contributed by atoms with Crippen LogP contribution < -0.4 is 0 Å². The highest BCUT2D eigenvalue weighted by atomic mass is 35.5. The predicted molar refractivity (Wildman–Crippen MR) is 74.0 cm³/mol. The fraction of sp³-hybridized carbons (Fsp3) is 0.417. The SMILES string of the molecule is COC(=O)C(C)CN(C)C(=O)c1cc([N+](=O)[O-])cnc1Cl. The van der Waals surface area contributed by atoms with Gasteiger partial charge in [-0.1, -0.05) is 18.5 Å². The van der Waals surface area contributed by atoms with Crippen LogP contribution in [-0.2, 0) is 9.53 Å². The molecule has 0 fully saturated rings. The van der Waals surface area contributed by atoms with E-state index in [4.69, 9.17) is 11.6 Å².